The molecule has 0 saturated carbocycles. The molecular formula is C14H34I2. The van der Waals surface area contributed by atoms with Crippen molar-refractivity contribution in [2.45, 2.75) is 91.9 Å². The van der Waals surface area contributed by atoms with Crippen LogP contribution in [-0.4, -0.2) is 0 Å². The number of hydrogen-bond donors (Lipinski definition) is 0. The van der Waals surface area contributed by atoms with E-state index in [0.29, 0.717) is 0 Å². The van der Waals surface area contributed by atoms with E-state index in [4.69, 9.17) is 0 Å². The van der Waals surface area contributed by atoms with Crippen molar-refractivity contribution in [3.8, 4) is 0 Å². The lowest BCUT2D eigenvalue weighted by atomic mass is 10.2. The monoisotopic (exact) mass is 456 g/mol. The van der Waals surface area contributed by atoms with Crippen LogP contribution in [0.2, 0.25) is 0 Å². The van der Waals surface area contributed by atoms with Crippen molar-refractivity contribution in [2.75, 3.05) is 0 Å². The number of unbranched alkanes of at least 4 members (excludes halogenated alkanes) is 8. The van der Waals surface area contributed by atoms with Crippen molar-refractivity contribution in [1.82, 2.24) is 0 Å². The SMILES string of the molecule is CCCCCCC.CCCCCCC.I.I. The van der Waals surface area contributed by atoms with Gasteiger partial charge in [0.1, 0.15) is 0 Å². The highest BCUT2D eigenvalue weighted by Gasteiger charge is 1.80. The van der Waals surface area contributed by atoms with Gasteiger partial charge >= 0.3 is 0 Å². The third kappa shape index (κ3) is 36.1. The summed E-state index contributed by atoms with van der Waals surface area (Å²) in [5.74, 6) is 0. The van der Waals surface area contributed by atoms with Crippen molar-refractivity contribution >= 4 is 48.0 Å². The molecule has 0 aliphatic heterocycles. The first kappa shape index (κ1) is 26.1. The van der Waals surface area contributed by atoms with Gasteiger partial charge in [0.05, 0.1) is 0 Å². The first-order chi connectivity index (χ1) is 6.83. The molecule has 0 unspecified atom stereocenters. The van der Waals surface area contributed by atoms with Gasteiger partial charge in [-0.25, -0.2) is 0 Å². The molecule has 0 aliphatic carbocycles. The molecule has 0 aromatic heterocycles. The summed E-state index contributed by atoms with van der Waals surface area (Å²) in [7, 11) is 0. The second-order valence-corrected chi connectivity index (χ2v) is 4.12. The molecule has 104 valence electrons. The normalized spacial score (nSPS) is 8.25. The minimum Gasteiger partial charge on any atom is -0.107 e. The fraction of sp³-hybridized carbons (Fsp3) is 1.00. The maximum absolute atomic E-state index is 2.25. The molecule has 0 fully saturated rings. The van der Waals surface area contributed by atoms with Crippen molar-refractivity contribution in [2.24, 2.45) is 0 Å². The Hall–Kier alpha value is 1.46. The molecule has 0 heterocycles. The lowest BCUT2D eigenvalue weighted by Crippen LogP contribution is -1.70. The van der Waals surface area contributed by atoms with Crippen LogP contribution in [0.3, 0.4) is 0 Å². The zero-order valence-corrected chi connectivity index (χ0v) is 16.5. The lowest BCUT2D eigenvalue weighted by Gasteiger charge is -1.90. The molecule has 0 bridgehead atoms. The van der Waals surface area contributed by atoms with Crippen LogP contribution in [0, 0.1) is 0 Å². The second-order valence-electron chi connectivity index (χ2n) is 4.12. The molecule has 0 aromatic carbocycles. The van der Waals surface area contributed by atoms with E-state index in [1.54, 1.807) is 0 Å². The summed E-state index contributed by atoms with van der Waals surface area (Å²) in [6, 6.07) is 0. The van der Waals surface area contributed by atoms with Gasteiger partial charge in [0.15, 0.2) is 0 Å². The molecule has 0 amide bonds. The third-order valence-corrected chi connectivity index (χ3v) is 2.41. The minimum atomic E-state index is 0. The minimum absolute atomic E-state index is 0. The molecule has 0 aliphatic rings. The van der Waals surface area contributed by atoms with Crippen LogP contribution in [-0.2, 0) is 0 Å². The maximum Gasteiger partial charge on any atom is -0.0533 e. The van der Waals surface area contributed by atoms with Crippen LogP contribution in [0.5, 0.6) is 0 Å². The van der Waals surface area contributed by atoms with Gasteiger partial charge in [-0.3, -0.25) is 0 Å². The summed E-state index contributed by atoms with van der Waals surface area (Å²) in [6.07, 6.45) is 14.0. The van der Waals surface area contributed by atoms with E-state index in [2.05, 4.69) is 27.7 Å². The fourth-order valence-electron chi connectivity index (χ4n) is 1.35. The second kappa shape index (κ2) is 30.0. The van der Waals surface area contributed by atoms with Gasteiger partial charge in [0.25, 0.3) is 0 Å². The quantitative estimate of drug-likeness (QED) is 0.268. The molecule has 0 nitrogen and oxygen atoms in total. The summed E-state index contributed by atoms with van der Waals surface area (Å²) < 4.78 is 0. The summed E-state index contributed by atoms with van der Waals surface area (Å²) >= 11 is 0. The Labute approximate surface area is 139 Å². The summed E-state index contributed by atoms with van der Waals surface area (Å²) in [5.41, 5.74) is 0. The van der Waals surface area contributed by atoms with Crippen LogP contribution in [0.25, 0.3) is 0 Å². The van der Waals surface area contributed by atoms with Gasteiger partial charge < -0.3 is 0 Å². The summed E-state index contributed by atoms with van der Waals surface area (Å²) in [5, 5.41) is 0. The molecule has 0 N–H and O–H groups in total. The Morgan fingerprint density at radius 1 is 0.375 bits per heavy atom. The highest BCUT2D eigenvalue weighted by molar-refractivity contribution is 14.0. The average Bonchev–Trinajstić information content (AvgIpc) is 2.21. The van der Waals surface area contributed by atoms with E-state index in [-0.39, 0.29) is 48.0 Å². The smallest absolute Gasteiger partial charge is 0.0533 e. The van der Waals surface area contributed by atoms with E-state index in [1.807, 2.05) is 0 Å². The zero-order chi connectivity index (χ0) is 11.1. The van der Waals surface area contributed by atoms with Gasteiger partial charge in [-0.2, -0.15) is 0 Å². The van der Waals surface area contributed by atoms with E-state index < -0.39 is 0 Å². The van der Waals surface area contributed by atoms with Gasteiger partial charge in [0, 0.05) is 0 Å². The molecule has 0 radical (unpaired) electrons. The lowest BCUT2D eigenvalue weighted by molar-refractivity contribution is 0.656. The Morgan fingerprint density at radius 2 is 0.562 bits per heavy atom. The number of rotatable bonds is 8. The highest BCUT2D eigenvalue weighted by atomic mass is 127. The molecule has 2 heteroatoms. The molecular weight excluding hydrogens is 422 g/mol. The van der Waals surface area contributed by atoms with Crippen LogP contribution in [0.15, 0.2) is 0 Å². The topological polar surface area (TPSA) is 0 Å². The average molecular weight is 456 g/mol. The van der Waals surface area contributed by atoms with Crippen LogP contribution in [0.4, 0.5) is 0 Å². The molecule has 0 saturated heterocycles. The van der Waals surface area contributed by atoms with Crippen molar-refractivity contribution < 1.29 is 0 Å². The summed E-state index contributed by atoms with van der Waals surface area (Å²) in [6.45, 7) is 8.98. The van der Waals surface area contributed by atoms with Gasteiger partial charge in [-0.15, -0.1) is 48.0 Å². The highest BCUT2D eigenvalue weighted by Crippen LogP contribution is 2.00. The molecule has 0 rings (SSSR count). The zero-order valence-electron chi connectivity index (χ0n) is 11.9. The van der Waals surface area contributed by atoms with Crippen LogP contribution < -0.4 is 0 Å². The Kier molecular flexibility index (Phi) is 48.9. The fourth-order valence-corrected chi connectivity index (χ4v) is 1.35. The van der Waals surface area contributed by atoms with Crippen molar-refractivity contribution in [3.63, 3.8) is 0 Å². The van der Waals surface area contributed by atoms with Crippen LogP contribution in [0.1, 0.15) is 91.9 Å². The van der Waals surface area contributed by atoms with E-state index in [0.717, 1.165) is 0 Å². The predicted octanol–water partition coefficient (Wildman–Crippen LogP) is 7.19. The molecule has 0 spiro atoms. The largest absolute Gasteiger partial charge is 0.107 e. The molecule has 0 atom stereocenters. The predicted molar refractivity (Wildman–Crippen MR) is 99.7 cm³/mol. The number of halogens is 2. The van der Waals surface area contributed by atoms with E-state index in [9.17, 15) is 0 Å². The van der Waals surface area contributed by atoms with E-state index in [1.165, 1.54) is 64.2 Å². The Balaban J connectivity index is -0.0000000800. The van der Waals surface area contributed by atoms with Crippen molar-refractivity contribution in [3.05, 3.63) is 0 Å². The Bertz CT molecular complexity index is 57.1. The molecule has 0 aromatic rings. The summed E-state index contributed by atoms with van der Waals surface area (Å²) in [4.78, 5) is 0. The van der Waals surface area contributed by atoms with Gasteiger partial charge in [-0.05, 0) is 0 Å². The van der Waals surface area contributed by atoms with Gasteiger partial charge in [-0.1, -0.05) is 91.9 Å². The standard InChI is InChI=1S/2C7H16.2HI/c2*1-3-5-7-6-4-2;;/h2*3-7H2,1-2H3;2*1H. The van der Waals surface area contributed by atoms with Crippen molar-refractivity contribution in [1.29, 1.82) is 0 Å². The molecule has 16 heavy (non-hydrogen) atoms. The first-order valence-electron chi connectivity index (χ1n) is 6.83. The van der Waals surface area contributed by atoms with Gasteiger partial charge in [0.2, 0.25) is 0 Å². The first-order valence-corrected chi connectivity index (χ1v) is 6.83. The maximum atomic E-state index is 2.25. The number of hydrogen-bond acceptors (Lipinski definition) is 0. The van der Waals surface area contributed by atoms with E-state index >= 15 is 0 Å². The third-order valence-electron chi connectivity index (χ3n) is 2.41. The van der Waals surface area contributed by atoms with Crippen LogP contribution >= 0.6 is 48.0 Å². The Morgan fingerprint density at radius 3 is 0.688 bits per heavy atom.